The van der Waals surface area contributed by atoms with Gasteiger partial charge in [-0.05, 0) is 30.7 Å². The van der Waals surface area contributed by atoms with Crippen molar-refractivity contribution in [1.82, 2.24) is 5.32 Å². The molecule has 0 spiro atoms. The van der Waals surface area contributed by atoms with Crippen molar-refractivity contribution in [3.05, 3.63) is 29.8 Å². The zero-order valence-corrected chi connectivity index (χ0v) is 10.6. The summed E-state index contributed by atoms with van der Waals surface area (Å²) in [6, 6.07) is 7.60. The van der Waals surface area contributed by atoms with Gasteiger partial charge in [-0.3, -0.25) is 4.79 Å². The second-order valence-corrected chi connectivity index (χ2v) is 3.82. The SMILES string of the molecule is COCCNC(=O)COc1cccc(CCN)c1. The lowest BCUT2D eigenvalue weighted by atomic mass is 10.1. The van der Waals surface area contributed by atoms with Crippen LogP contribution in [0.15, 0.2) is 24.3 Å². The molecule has 0 saturated heterocycles. The highest BCUT2D eigenvalue weighted by molar-refractivity contribution is 5.77. The summed E-state index contributed by atoms with van der Waals surface area (Å²) in [5.74, 6) is 0.527. The topological polar surface area (TPSA) is 73.6 Å². The first-order valence-electron chi connectivity index (χ1n) is 5.93. The monoisotopic (exact) mass is 252 g/mol. The number of rotatable bonds is 8. The molecule has 5 nitrogen and oxygen atoms in total. The molecule has 1 amide bonds. The van der Waals surface area contributed by atoms with Crippen LogP contribution in [0.3, 0.4) is 0 Å². The highest BCUT2D eigenvalue weighted by atomic mass is 16.5. The summed E-state index contributed by atoms with van der Waals surface area (Å²) in [5, 5.41) is 2.68. The fraction of sp³-hybridized carbons (Fsp3) is 0.462. The third-order valence-electron chi connectivity index (χ3n) is 2.33. The van der Waals surface area contributed by atoms with Crippen LogP contribution in [0, 0.1) is 0 Å². The van der Waals surface area contributed by atoms with Gasteiger partial charge >= 0.3 is 0 Å². The van der Waals surface area contributed by atoms with Crippen LogP contribution < -0.4 is 15.8 Å². The Bertz CT molecular complexity index is 369. The van der Waals surface area contributed by atoms with Gasteiger partial charge in [0.25, 0.3) is 5.91 Å². The van der Waals surface area contributed by atoms with Crippen molar-refractivity contribution in [2.24, 2.45) is 5.73 Å². The number of nitrogens with one attached hydrogen (secondary N) is 1. The summed E-state index contributed by atoms with van der Waals surface area (Å²) < 4.78 is 10.2. The Balaban J connectivity index is 2.33. The number of methoxy groups -OCH3 is 1. The standard InChI is InChI=1S/C13H20N2O3/c1-17-8-7-15-13(16)10-18-12-4-2-3-11(9-12)5-6-14/h2-4,9H,5-8,10,14H2,1H3,(H,15,16). The van der Waals surface area contributed by atoms with Gasteiger partial charge in [-0.25, -0.2) is 0 Å². The van der Waals surface area contributed by atoms with Crippen molar-refractivity contribution in [2.75, 3.05) is 33.4 Å². The molecule has 0 fully saturated rings. The Morgan fingerprint density at radius 1 is 1.44 bits per heavy atom. The Hall–Kier alpha value is -1.59. The van der Waals surface area contributed by atoms with E-state index in [1.165, 1.54) is 0 Å². The maximum atomic E-state index is 11.4. The van der Waals surface area contributed by atoms with E-state index in [1.54, 1.807) is 7.11 Å². The van der Waals surface area contributed by atoms with Crippen LogP contribution >= 0.6 is 0 Å². The molecule has 3 N–H and O–H groups in total. The van der Waals surface area contributed by atoms with E-state index in [0.29, 0.717) is 25.4 Å². The van der Waals surface area contributed by atoms with E-state index in [4.69, 9.17) is 15.2 Å². The van der Waals surface area contributed by atoms with Crippen molar-refractivity contribution < 1.29 is 14.3 Å². The third-order valence-corrected chi connectivity index (χ3v) is 2.33. The molecule has 0 aromatic heterocycles. The van der Waals surface area contributed by atoms with Crippen molar-refractivity contribution in [1.29, 1.82) is 0 Å². The minimum atomic E-state index is -0.156. The van der Waals surface area contributed by atoms with Crippen LogP contribution in [-0.2, 0) is 16.0 Å². The quantitative estimate of drug-likeness (QED) is 0.654. The highest BCUT2D eigenvalue weighted by Crippen LogP contribution is 2.13. The van der Waals surface area contributed by atoms with Gasteiger partial charge in [-0.15, -0.1) is 0 Å². The highest BCUT2D eigenvalue weighted by Gasteiger charge is 2.02. The summed E-state index contributed by atoms with van der Waals surface area (Å²) in [6.45, 7) is 1.60. The van der Waals surface area contributed by atoms with Gasteiger partial charge in [0.1, 0.15) is 5.75 Å². The molecule has 5 heteroatoms. The number of nitrogens with two attached hydrogens (primary N) is 1. The minimum absolute atomic E-state index is 0.00971. The van der Waals surface area contributed by atoms with Gasteiger partial charge in [0.2, 0.25) is 0 Å². The van der Waals surface area contributed by atoms with E-state index in [9.17, 15) is 4.79 Å². The maximum Gasteiger partial charge on any atom is 0.258 e. The summed E-state index contributed by atoms with van der Waals surface area (Å²) >= 11 is 0. The molecule has 0 saturated carbocycles. The van der Waals surface area contributed by atoms with Crippen molar-refractivity contribution in [3.8, 4) is 5.75 Å². The Labute approximate surface area is 107 Å². The molecular formula is C13H20N2O3. The van der Waals surface area contributed by atoms with E-state index in [2.05, 4.69) is 5.32 Å². The summed E-state index contributed by atoms with van der Waals surface area (Å²) in [4.78, 5) is 11.4. The second kappa shape index (κ2) is 8.49. The number of hydrogen-bond acceptors (Lipinski definition) is 4. The zero-order valence-electron chi connectivity index (χ0n) is 10.6. The summed E-state index contributed by atoms with van der Waals surface area (Å²) in [6.07, 6.45) is 0.803. The van der Waals surface area contributed by atoms with Crippen LogP contribution in [0.25, 0.3) is 0 Å². The molecule has 0 aliphatic carbocycles. The molecule has 1 aromatic carbocycles. The molecule has 0 radical (unpaired) electrons. The Morgan fingerprint density at radius 2 is 2.28 bits per heavy atom. The molecule has 100 valence electrons. The van der Waals surface area contributed by atoms with Crippen LogP contribution in [0.4, 0.5) is 0 Å². The number of carbonyl (C=O) groups excluding carboxylic acids is 1. The molecule has 0 bridgehead atoms. The van der Waals surface area contributed by atoms with E-state index in [-0.39, 0.29) is 12.5 Å². The number of carbonyl (C=O) groups is 1. The molecule has 0 heterocycles. The van der Waals surface area contributed by atoms with Crippen LogP contribution in [0.2, 0.25) is 0 Å². The number of amides is 1. The molecule has 0 aliphatic rings. The lowest BCUT2D eigenvalue weighted by molar-refractivity contribution is -0.123. The molecule has 0 atom stereocenters. The van der Waals surface area contributed by atoms with Gasteiger partial charge in [-0.1, -0.05) is 12.1 Å². The number of benzene rings is 1. The average molecular weight is 252 g/mol. The maximum absolute atomic E-state index is 11.4. The molecular weight excluding hydrogens is 232 g/mol. The van der Waals surface area contributed by atoms with Crippen molar-refractivity contribution in [2.45, 2.75) is 6.42 Å². The van der Waals surface area contributed by atoms with Crippen LogP contribution in [0.1, 0.15) is 5.56 Å². The van der Waals surface area contributed by atoms with E-state index in [0.717, 1.165) is 12.0 Å². The van der Waals surface area contributed by atoms with Gasteiger partial charge in [0.05, 0.1) is 6.61 Å². The third kappa shape index (κ3) is 5.65. The summed E-state index contributed by atoms with van der Waals surface area (Å²) in [5.41, 5.74) is 6.59. The zero-order chi connectivity index (χ0) is 13.2. The minimum Gasteiger partial charge on any atom is -0.484 e. The smallest absolute Gasteiger partial charge is 0.258 e. The van der Waals surface area contributed by atoms with E-state index >= 15 is 0 Å². The normalized spacial score (nSPS) is 10.1. The predicted octanol–water partition coefficient (Wildman–Crippen LogP) is 0.329. The number of ether oxygens (including phenoxy) is 2. The first-order valence-corrected chi connectivity index (χ1v) is 5.93. The number of hydrogen-bond donors (Lipinski definition) is 2. The van der Waals surface area contributed by atoms with Crippen molar-refractivity contribution in [3.63, 3.8) is 0 Å². The fourth-order valence-electron chi connectivity index (χ4n) is 1.45. The van der Waals surface area contributed by atoms with E-state index < -0.39 is 0 Å². The van der Waals surface area contributed by atoms with Gasteiger partial charge < -0.3 is 20.5 Å². The molecule has 0 aliphatic heterocycles. The Kier molecular flexibility index (Phi) is 6.83. The van der Waals surface area contributed by atoms with Crippen LogP contribution in [-0.4, -0.2) is 39.3 Å². The first-order chi connectivity index (χ1) is 8.76. The molecule has 1 rings (SSSR count). The van der Waals surface area contributed by atoms with E-state index in [1.807, 2.05) is 24.3 Å². The lowest BCUT2D eigenvalue weighted by Crippen LogP contribution is -2.31. The van der Waals surface area contributed by atoms with Gasteiger partial charge in [0.15, 0.2) is 6.61 Å². The first kappa shape index (κ1) is 14.5. The lowest BCUT2D eigenvalue weighted by Gasteiger charge is -2.08. The predicted molar refractivity (Wildman–Crippen MR) is 69.6 cm³/mol. The van der Waals surface area contributed by atoms with Gasteiger partial charge in [-0.2, -0.15) is 0 Å². The van der Waals surface area contributed by atoms with Gasteiger partial charge in [0, 0.05) is 13.7 Å². The molecule has 18 heavy (non-hydrogen) atoms. The largest absolute Gasteiger partial charge is 0.484 e. The average Bonchev–Trinajstić information content (AvgIpc) is 2.38. The summed E-state index contributed by atoms with van der Waals surface area (Å²) in [7, 11) is 1.59. The molecule has 1 aromatic rings. The second-order valence-electron chi connectivity index (χ2n) is 3.82. The van der Waals surface area contributed by atoms with Crippen molar-refractivity contribution >= 4 is 5.91 Å². The Morgan fingerprint density at radius 3 is 3.00 bits per heavy atom. The van der Waals surface area contributed by atoms with Crippen LogP contribution in [0.5, 0.6) is 5.75 Å². The fourth-order valence-corrected chi connectivity index (χ4v) is 1.45. The molecule has 0 unspecified atom stereocenters.